The van der Waals surface area contributed by atoms with E-state index in [1.165, 1.54) is 25.7 Å². The zero-order valence-corrected chi connectivity index (χ0v) is 21.2. The van der Waals surface area contributed by atoms with Gasteiger partial charge in [-0.2, -0.15) is 0 Å². The molecule has 1 aliphatic carbocycles. The van der Waals surface area contributed by atoms with Gasteiger partial charge in [-0.1, -0.05) is 17.7 Å². The van der Waals surface area contributed by atoms with Crippen LogP contribution in [0.3, 0.4) is 0 Å². The molecule has 3 fully saturated rings. The van der Waals surface area contributed by atoms with Crippen LogP contribution in [0.15, 0.2) is 30.5 Å². The maximum Gasteiger partial charge on any atom is 0.126 e. The summed E-state index contributed by atoms with van der Waals surface area (Å²) in [4.78, 5) is 9.39. The second-order valence-corrected chi connectivity index (χ2v) is 10.5. The molecular weight excluding hydrogens is 462 g/mol. The molecule has 0 spiro atoms. The molecule has 0 amide bonds. The molecule has 0 aromatic carbocycles. The third kappa shape index (κ3) is 7.06. The van der Waals surface area contributed by atoms with Crippen LogP contribution in [-0.2, 0) is 9.47 Å². The Kier molecular flexibility index (Phi) is 8.73. The molecule has 3 N–H and O–H groups in total. The monoisotopic (exact) mass is 499 g/mol. The summed E-state index contributed by atoms with van der Waals surface area (Å²) < 4.78 is 11.2. The van der Waals surface area contributed by atoms with Crippen LogP contribution in [0.1, 0.15) is 51.4 Å². The van der Waals surface area contributed by atoms with E-state index >= 15 is 0 Å². The topological polar surface area (TPSA) is 80.3 Å². The van der Waals surface area contributed by atoms with Gasteiger partial charge in [0.2, 0.25) is 0 Å². The van der Waals surface area contributed by atoms with Crippen molar-refractivity contribution in [3.05, 3.63) is 35.5 Å². The molecule has 3 aliphatic rings. The van der Waals surface area contributed by atoms with Gasteiger partial charge in [0, 0.05) is 56.8 Å². The number of halogens is 1. The van der Waals surface area contributed by atoms with Crippen LogP contribution in [0.5, 0.6) is 0 Å². The minimum absolute atomic E-state index is 0.409. The third-order valence-electron chi connectivity index (χ3n) is 7.53. The Balaban J connectivity index is 1.15. The van der Waals surface area contributed by atoms with Gasteiger partial charge in [-0.15, -0.1) is 0 Å². The van der Waals surface area contributed by atoms with E-state index in [0.717, 1.165) is 81.5 Å². The van der Waals surface area contributed by atoms with Gasteiger partial charge in [-0.25, -0.2) is 9.97 Å². The number of hydrogen-bond donors (Lipinski definition) is 3. The first-order chi connectivity index (χ1) is 17.2. The minimum atomic E-state index is 0.409. The van der Waals surface area contributed by atoms with Crippen LogP contribution >= 0.6 is 11.6 Å². The van der Waals surface area contributed by atoms with E-state index < -0.39 is 0 Å². The van der Waals surface area contributed by atoms with Gasteiger partial charge in [0.05, 0.1) is 16.8 Å². The summed E-state index contributed by atoms with van der Waals surface area (Å²) in [7, 11) is 0. The predicted molar refractivity (Wildman–Crippen MR) is 141 cm³/mol. The largest absolute Gasteiger partial charge is 0.381 e. The Morgan fingerprint density at radius 1 is 0.914 bits per heavy atom. The Hall–Kier alpha value is -1.93. The average molecular weight is 500 g/mol. The maximum atomic E-state index is 6.55. The highest BCUT2D eigenvalue weighted by Gasteiger charge is 2.23. The Morgan fingerprint density at radius 3 is 2.54 bits per heavy atom. The molecule has 2 aliphatic heterocycles. The molecule has 8 heteroatoms. The molecule has 0 bridgehead atoms. The Bertz CT molecular complexity index is 941. The van der Waals surface area contributed by atoms with E-state index in [1.54, 1.807) is 6.20 Å². The number of ether oxygens (including phenoxy) is 2. The lowest BCUT2D eigenvalue weighted by molar-refractivity contribution is 0.0699. The Labute approximate surface area is 213 Å². The molecule has 4 heterocycles. The summed E-state index contributed by atoms with van der Waals surface area (Å²) >= 11 is 6.55. The van der Waals surface area contributed by atoms with E-state index in [-0.39, 0.29) is 0 Å². The molecule has 2 aromatic heterocycles. The van der Waals surface area contributed by atoms with Crippen molar-refractivity contribution in [3.8, 4) is 11.3 Å². The zero-order chi connectivity index (χ0) is 23.9. The molecule has 0 unspecified atom stereocenters. The summed E-state index contributed by atoms with van der Waals surface area (Å²) in [6.07, 6.45) is 11.4. The molecule has 2 aromatic rings. The SMILES string of the molecule is Clc1cnc(N[C@H]2CC[C@H](NC[C@H]3CCCO3)CC2)cc1-c1cccc(NCC2CCOCC2)n1. The van der Waals surface area contributed by atoms with Crippen LogP contribution in [0.25, 0.3) is 11.3 Å². The van der Waals surface area contributed by atoms with Crippen molar-refractivity contribution in [2.75, 3.05) is 43.5 Å². The first kappa shape index (κ1) is 24.8. The quantitative estimate of drug-likeness (QED) is 0.441. The van der Waals surface area contributed by atoms with Gasteiger partial charge < -0.3 is 25.4 Å². The fourth-order valence-corrected chi connectivity index (χ4v) is 5.55. The highest BCUT2D eigenvalue weighted by molar-refractivity contribution is 6.33. The smallest absolute Gasteiger partial charge is 0.126 e. The van der Waals surface area contributed by atoms with Gasteiger partial charge >= 0.3 is 0 Å². The molecule has 1 saturated carbocycles. The molecule has 35 heavy (non-hydrogen) atoms. The number of nitrogens with one attached hydrogen (secondary N) is 3. The second-order valence-electron chi connectivity index (χ2n) is 10.1. The van der Waals surface area contributed by atoms with Crippen molar-refractivity contribution in [1.82, 2.24) is 15.3 Å². The van der Waals surface area contributed by atoms with Crippen LogP contribution < -0.4 is 16.0 Å². The number of anilines is 2. The molecule has 2 saturated heterocycles. The summed E-state index contributed by atoms with van der Waals surface area (Å²) in [5, 5.41) is 11.5. The average Bonchev–Trinajstić information content (AvgIpc) is 3.43. The lowest BCUT2D eigenvalue weighted by Crippen LogP contribution is -2.40. The number of hydrogen-bond acceptors (Lipinski definition) is 7. The second kappa shape index (κ2) is 12.3. The van der Waals surface area contributed by atoms with E-state index in [4.69, 9.17) is 26.1 Å². The van der Waals surface area contributed by atoms with Gasteiger partial charge in [-0.05, 0) is 75.5 Å². The first-order valence-electron chi connectivity index (χ1n) is 13.3. The highest BCUT2D eigenvalue weighted by Crippen LogP contribution is 2.30. The van der Waals surface area contributed by atoms with E-state index in [2.05, 4.69) is 20.9 Å². The highest BCUT2D eigenvalue weighted by atomic mass is 35.5. The van der Waals surface area contributed by atoms with Crippen LogP contribution in [0.2, 0.25) is 5.02 Å². The van der Waals surface area contributed by atoms with E-state index in [9.17, 15) is 0 Å². The zero-order valence-electron chi connectivity index (χ0n) is 20.5. The normalized spacial score (nSPS) is 25.5. The van der Waals surface area contributed by atoms with Crippen molar-refractivity contribution in [2.24, 2.45) is 5.92 Å². The van der Waals surface area contributed by atoms with Gasteiger partial charge in [0.1, 0.15) is 11.6 Å². The maximum absolute atomic E-state index is 6.55. The van der Waals surface area contributed by atoms with Crippen molar-refractivity contribution in [2.45, 2.75) is 69.6 Å². The molecule has 190 valence electrons. The number of rotatable bonds is 9. The van der Waals surface area contributed by atoms with Crippen molar-refractivity contribution >= 4 is 23.2 Å². The van der Waals surface area contributed by atoms with E-state index in [0.29, 0.717) is 29.1 Å². The number of pyridine rings is 2. The standard InChI is InChI=1S/C27H38ClN5O2/c28-24-18-31-27(32-21-8-6-20(7-9-21)29-17-22-3-2-12-35-22)15-23(24)25-4-1-5-26(33-25)30-16-19-10-13-34-14-11-19/h1,4-5,15,18-22,29H,2-3,6-14,16-17H2,(H,30,33)(H,31,32)/t20-,21-,22-/m1/s1. The van der Waals surface area contributed by atoms with Crippen molar-refractivity contribution in [1.29, 1.82) is 0 Å². The molecule has 1 atom stereocenters. The number of aromatic nitrogens is 2. The lowest BCUT2D eigenvalue weighted by Gasteiger charge is -2.30. The Morgan fingerprint density at radius 2 is 1.74 bits per heavy atom. The van der Waals surface area contributed by atoms with Crippen molar-refractivity contribution in [3.63, 3.8) is 0 Å². The third-order valence-corrected chi connectivity index (χ3v) is 7.83. The fraction of sp³-hybridized carbons (Fsp3) is 0.630. The van der Waals surface area contributed by atoms with Gasteiger partial charge in [0.25, 0.3) is 0 Å². The van der Waals surface area contributed by atoms with Crippen LogP contribution in [0, 0.1) is 5.92 Å². The van der Waals surface area contributed by atoms with Gasteiger partial charge in [0.15, 0.2) is 0 Å². The summed E-state index contributed by atoms with van der Waals surface area (Å²) in [5.74, 6) is 2.38. The van der Waals surface area contributed by atoms with E-state index in [1.807, 2.05) is 24.3 Å². The summed E-state index contributed by atoms with van der Waals surface area (Å²) in [6.45, 7) is 4.54. The van der Waals surface area contributed by atoms with Crippen molar-refractivity contribution < 1.29 is 9.47 Å². The minimum Gasteiger partial charge on any atom is -0.381 e. The molecule has 5 rings (SSSR count). The molecule has 0 radical (unpaired) electrons. The molecule has 7 nitrogen and oxygen atoms in total. The van der Waals surface area contributed by atoms with Crippen LogP contribution in [-0.4, -0.2) is 61.1 Å². The number of nitrogens with zero attached hydrogens (tertiary/aromatic N) is 2. The van der Waals surface area contributed by atoms with Gasteiger partial charge in [-0.3, -0.25) is 0 Å². The first-order valence-corrected chi connectivity index (χ1v) is 13.7. The summed E-state index contributed by atoms with van der Waals surface area (Å²) in [5.41, 5.74) is 1.77. The van der Waals surface area contributed by atoms with Crippen LogP contribution in [0.4, 0.5) is 11.6 Å². The summed E-state index contributed by atoms with van der Waals surface area (Å²) in [6, 6.07) is 9.11. The fourth-order valence-electron chi connectivity index (χ4n) is 5.35. The lowest BCUT2D eigenvalue weighted by atomic mass is 9.91. The predicted octanol–water partition coefficient (Wildman–Crippen LogP) is 5.13. The molecular formula is C27H38ClN5O2.